The summed E-state index contributed by atoms with van der Waals surface area (Å²) in [4.78, 5) is 13.4. The maximum atomic E-state index is 11.2. The van der Waals surface area contributed by atoms with Gasteiger partial charge >= 0.3 is 5.97 Å². The fourth-order valence-corrected chi connectivity index (χ4v) is 2.62. The van der Waals surface area contributed by atoms with Crippen molar-refractivity contribution in [3.05, 3.63) is 35.0 Å². The van der Waals surface area contributed by atoms with Crippen molar-refractivity contribution in [3.63, 3.8) is 0 Å². The van der Waals surface area contributed by atoms with Gasteiger partial charge in [-0.15, -0.1) is 0 Å². The first-order valence-corrected chi connectivity index (χ1v) is 5.59. The van der Waals surface area contributed by atoms with Crippen LogP contribution in [-0.2, 0) is 20.1 Å². The molecule has 0 atom stereocenters. The molecule has 0 spiro atoms. The summed E-state index contributed by atoms with van der Waals surface area (Å²) in [6.45, 7) is 1.85. The van der Waals surface area contributed by atoms with Crippen LogP contribution in [0.15, 0.2) is 18.3 Å². The van der Waals surface area contributed by atoms with Crippen molar-refractivity contribution in [2.75, 3.05) is 7.05 Å². The number of carboxylic acid groups (broad SMARTS) is 1. The summed E-state index contributed by atoms with van der Waals surface area (Å²) in [7, 11) is 3.96. The minimum atomic E-state index is -0.859. The third kappa shape index (κ3) is 1.45. The molecular weight excluding hydrogens is 216 g/mol. The van der Waals surface area contributed by atoms with Crippen molar-refractivity contribution in [2.45, 2.75) is 13.1 Å². The van der Waals surface area contributed by atoms with E-state index in [1.807, 2.05) is 17.7 Å². The molecule has 0 saturated heterocycles. The number of hydrogen-bond acceptors (Lipinski definition) is 2. The Morgan fingerprint density at radius 3 is 2.53 bits per heavy atom. The van der Waals surface area contributed by atoms with Gasteiger partial charge in [-0.25, -0.2) is 4.79 Å². The minimum absolute atomic E-state index is 0.389. The highest BCUT2D eigenvalue weighted by Crippen LogP contribution is 2.29. The van der Waals surface area contributed by atoms with Gasteiger partial charge in [0.15, 0.2) is 0 Å². The van der Waals surface area contributed by atoms with E-state index in [-0.39, 0.29) is 0 Å². The third-order valence-corrected chi connectivity index (χ3v) is 3.42. The van der Waals surface area contributed by atoms with E-state index in [2.05, 4.69) is 18.0 Å². The normalized spacial score (nSPS) is 15.4. The number of hydrogen-bond donors (Lipinski definition) is 1. The maximum Gasteiger partial charge on any atom is 0.337 e. The topological polar surface area (TPSA) is 45.5 Å². The largest absolute Gasteiger partial charge is 0.478 e. The van der Waals surface area contributed by atoms with Crippen LogP contribution in [-0.4, -0.2) is 27.6 Å². The summed E-state index contributed by atoms with van der Waals surface area (Å²) in [5, 5.41) is 10.0. The van der Waals surface area contributed by atoms with E-state index in [4.69, 9.17) is 0 Å². The SMILES string of the molecule is CN1Cc2cc3c(C(=O)O)cn(C)c3cc2C1. The van der Waals surface area contributed by atoms with Crippen LogP contribution in [0.2, 0.25) is 0 Å². The zero-order valence-corrected chi connectivity index (χ0v) is 9.90. The molecule has 1 N–H and O–H groups in total. The highest BCUT2D eigenvalue weighted by Gasteiger charge is 2.20. The van der Waals surface area contributed by atoms with Gasteiger partial charge in [-0.05, 0) is 30.3 Å². The molecule has 3 rings (SSSR count). The Morgan fingerprint density at radius 1 is 1.24 bits per heavy atom. The highest BCUT2D eigenvalue weighted by molar-refractivity contribution is 6.03. The number of benzene rings is 1. The number of carboxylic acids is 1. The van der Waals surface area contributed by atoms with E-state index in [0.717, 1.165) is 24.0 Å². The molecule has 17 heavy (non-hydrogen) atoms. The summed E-state index contributed by atoms with van der Waals surface area (Å²) in [5.74, 6) is -0.859. The minimum Gasteiger partial charge on any atom is -0.478 e. The zero-order valence-electron chi connectivity index (χ0n) is 9.90. The maximum absolute atomic E-state index is 11.2. The van der Waals surface area contributed by atoms with Gasteiger partial charge in [0, 0.05) is 37.2 Å². The molecule has 0 aliphatic carbocycles. The second kappa shape index (κ2) is 3.34. The summed E-state index contributed by atoms with van der Waals surface area (Å²) in [6.07, 6.45) is 1.69. The summed E-state index contributed by atoms with van der Waals surface area (Å²) in [5.41, 5.74) is 3.93. The van der Waals surface area contributed by atoms with Crippen LogP contribution in [0.25, 0.3) is 10.9 Å². The Bertz CT molecular complexity index is 628. The molecule has 0 unspecified atom stereocenters. The van der Waals surface area contributed by atoms with Crippen molar-refractivity contribution < 1.29 is 9.90 Å². The number of aryl methyl sites for hydroxylation is 1. The van der Waals surface area contributed by atoms with E-state index in [1.165, 1.54) is 11.1 Å². The molecule has 2 heterocycles. The van der Waals surface area contributed by atoms with Crippen LogP contribution < -0.4 is 0 Å². The average Bonchev–Trinajstić information content (AvgIpc) is 2.75. The molecule has 0 saturated carbocycles. The van der Waals surface area contributed by atoms with Gasteiger partial charge in [-0.3, -0.25) is 4.90 Å². The molecule has 0 fully saturated rings. The van der Waals surface area contributed by atoms with Crippen molar-refractivity contribution in [1.82, 2.24) is 9.47 Å². The zero-order chi connectivity index (χ0) is 12.2. The predicted octanol–water partition coefficient (Wildman–Crippen LogP) is 1.82. The van der Waals surface area contributed by atoms with Gasteiger partial charge in [-0.1, -0.05) is 0 Å². The quantitative estimate of drug-likeness (QED) is 0.812. The molecule has 0 amide bonds. The second-order valence-electron chi connectivity index (χ2n) is 4.77. The lowest BCUT2D eigenvalue weighted by Crippen LogP contribution is -2.07. The number of fused-ring (bicyclic) bond motifs is 2. The van der Waals surface area contributed by atoms with E-state index in [1.54, 1.807) is 6.20 Å². The molecule has 1 aliphatic rings. The van der Waals surface area contributed by atoms with Gasteiger partial charge in [0.1, 0.15) is 0 Å². The lowest BCUT2D eigenvalue weighted by Gasteiger charge is -2.02. The molecule has 1 aromatic carbocycles. The van der Waals surface area contributed by atoms with Crippen molar-refractivity contribution in [1.29, 1.82) is 0 Å². The predicted molar refractivity (Wildman–Crippen MR) is 65.0 cm³/mol. The molecule has 88 valence electrons. The van der Waals surface area contributed by atoms with Crippen LogP contribution >= 0.6 is 0 Å². The Hall–Kier alpha value is -1.81. The molecule has 0 radical (unpaired) electrons. The monoisotopic (exact) mass is 230 g/mol. The van der Waals surface area contributed by atoms with Gasteiger partial charge < -0.3 is 9.67 Å². The third-order valence-electron chi connectivity index (χ3n) is 3.42. The fourth-order valence-electron chi connectivity index (χ4n) is 2.62. The standard InChI is InChI=1S/C13H14N2O2/c1-14-5-8-3-10-11(13(16)17)7-15(2)12(10)4-9(8)6-14/h3-4,7H,5-6H2,1-2H3,(H,16,17). The van der Waals surface area contributed by atoms with Crippen LogP contribution in [0.5, 0.6) is 0 Å². The molecule has 1 aliphatic heterocycles. The highest BCUT2D eigenvalue weighted by atomic mass is 16.4. The number of nitrogens with zero attached hydrogens (tertiary/aromatic N) is 2. The van der Waals surface area contributed by atoms with E-state index in [9.17, 15) is 9.90 Å². The number of aromatic carboxylic acids is 1. The number of rotatable bonds is 1. The van der Waals surface area contributed by atoms with Crippen molar-refractivity contribution in [3.8, 4) is 0 Å². The van der Waals surface area contributed by atoms with Crippen LogP contribution in [0.4, 0.5) is 0 Å². The smallest absolute Gasteiger partial charge is 0.337 e. The van der Waals surface area contributed by atoms with Crippen molar-refractivity contribution >= 4 is 16.9 Å². The van der Waals surface area contributed by atoms with Crippen LogP contribution in [0.3, 0.4) is 0 Å². The van der Waals surface area contributed by atoms with Gasteiger partial charge in [0.2, 0.25) is 0 Å². The molecule has 4 nitrogen and oxygen atoms in total. The van der Waals surface area contributed by atoms with Gasteiger partial charge in [-0.2, -0.15) is 0 Å². The summed E-state index contributed by atoms with van der Waals surface area (Å²) in [6, 6.07) is 4.14. The second-order valence-corrected chi connectivity index (χ2v) is 4.77. The van der Waals surface area contributed by atoms with Crippen molar-refractivity contribution in [2.24, 2.45) is 7.05 Å². The van der Waals surface area contributed by atoms with Crippen LogP contribution in [0.1, 0.15) is 21.5 Å². The molecule has 4 heteroatoms. The molecular formula is C13H14N2O2. The number of carbonyl (C=O) groups is 1. The Kier molecular flexibility index (Phi) is 2.03. The Labute approximate surface area is 99.1 Å². The van der Waals surface area contributed by atoms with Gasteiger partial charge in [0.25, 0.3) is 0 Å². The lowest BCUT2D eigenvalue weighted by molar-refractivity contribution is 0.0699. The average molecular weight is 230 g/mol. The summed E-state index contributed by atoms with van der Waals surface area (Å²) >= 11 is 0. The molecule has 0 bridgehead atoms. The first kappa shape index (κ1) is 10.4. The number of aromatic nitrogens is 1. The molecule has 2 aromatic rings. The van der Waals surface area contributed by atoms with Crippen LogP contribution in [0, 0.1) is 0 Å². The van der Waals surface area contributed by atoms with E-state index >= 15 is 0 Å². The first-order chi connectivity index (χ1) is 8.06. The lowest BCUT2D eigenvalue weighted by atomic mass is 10.1. The Balaban J connectivity index is 2.30. The summed E-state index contributed by atoms with van der Waals surface area (Å²) < 4.78 is 1.89. The van der Waals surface area contributed by atoms with E-state index in [0.29, 0.717) is 5.56 Å². The fraction of sp³-hybridized carbons (Fsp3) is 0.308. The first-order valence-electron chi connectivity index (χ1n) is 5.59. The molecule has 1 aromatic heterocycles. The van der Waals surface area contributed by atoms with Gasteiger partial charge in [0.05, 0.1) is 5.56 Å². The van der Waals surface area contributed by atoms with E-state index < -0.39 is 5.97 Å². The Morgan fingerprint density at radius 2 is 1.88 bits per heavy atom.